The first kappa shape index (κ1) is 29.9. The molecule has 1 aliphatic carbocycles. The number of carbonyl (C=O) groups is 4. The minimum atomic E-state index is -1.27. The van der Waals surface area contributed by atoms with Crippen molar-refractivity contribution in [1.29, 1.82) is 0 Å². The third-order valence-corrected chi connectivity index (χ3v) is 8.93. The molecule has 1 amide bonds. The van der Waals surface area contributed by atoms with Crippen molar-refractivity contribution >= 4 is 23.6 Å². The van der Waals surface area contributed by atoms with E-state index in [4.69, 9.17) is 19.7 Å². The summed E-state index contributed by atoms with van der Waals surface area (Å²) in [7, 11) is 1.41. The van der Waals surface area contributed by atoms with Gasteiger partial charge in [0.05, 0.1) is 17.7 Å². The summed E-state index contributed by atoms with van der Waals surface area (Å²) in [6.07, 6.45) is -1.49. The highest BCUT2D eigenvalue weighted by atomic mass is 16.6. The molecule has 12 nitrogen and oxygen atoms in total. The monoisotopic (exact) mass is 536 g/mol. The van der Waals surface area contributed by atoms with Crippen LogP contribution < -0.4 is 0 Å². The molecule has 2 saturated heterocycles. The van der Waals surface area contributed by atoms with Crippen molar-refractivity contribution in [1.82, 2.24) is 4.90 Å². The van der Waals surface area contributed by atoms with Crippen LogP contribution in [-0.2, 0) is 28.6 Å². The summed E-state index contributed by atoms with van der Waals surface area (Å²) in [4.78, 5) is 57.4. The Bertz CT molecular complexity index is 1020. The minimum absolute atomic E-state index is 0.129. The van der Waals surface area contributed by atoms with Crippen molar-refractivity contribution < 1.29 is 38.5 Å². The van der Waals surface area contributed by atoms with E-state index in [1.54, 1.807) is 27.7 Å². The van der Waals surface area contributed by atoms with Gasteiger partial charge in [-0.1, -0.05) is 32.8 Å². The van der Waals surface area contributed by atoms with Gasteiger partial charge in [0.25, 0.3) is 0 Å². The fourth-order valence-corrected chi connectivity index (χ4v) is 6.39. The van der Waals surface area contributed by atoms with E-state index in [2.05, 4.69) is 10.0 Å². The maximum Gasteiger partial charge on any atom is 0.410 e. The Morgan fingerprint density at radius 3 is 2.37 bits per heavy atom. The zero-order valence-corrected chi connectivity index (χ0v) is 23.2. The van der Waals surface area contributed by atoms with Crippen molar-refractivity contribution in [3.63, 3.8) is 0 Å². The molecule has 0 bridgehead atoms. The van der Waals surface area contributed by atoms with Gasteiger partial charge in [-0.2, -0.15) is 0 Å². The van der Waals surface area contributed by atoms with Gasteiger partial charge in [-0.3, -0.25) is 14.4 Å². The molecule has 3 rings (SSSR count). The van der Waals surface area contributed by atoms with Crippen LogP contribution in [0.4, 0.5) is 4.79 Å². The molecule has 3 fully saturated rings. The van der Waals surface area contributed by atoms with Gasteiger partial charge in [-0.15, -0.1) is 0 Å². The Balaban J connectivity index is 2.01. The van der Waals surface area contributed by atoms with E-state index in [0.29, 0.717) is 12.8 Å². The van der Waals surface area contributed by atoms with Gasteiger partial charge in [0, 0.05) is 48.8 Å². The second-order valence-electron chi connectivity index (χ2n) is 11.3. The van der Waals surface area contributed by atoms with E-state index in [1.807, 2.05) is 0 Å². The molecule has 0 aromatic rings. The lowest BCUT2D eigenvalue weighted by atomic mass is 9.75. The number of Topliss-reactive ketones (excluding diaryl/α,β-unsaturated/α-hetero) is 2. The first-order chi connectivity index (χ1) is 17.8. The molecule has 0 aromatic carbocycles. The Morgan fingerprint density at radius 1 is 1.11 bits per heavy atom. The quantitative estimate of drug-likeness (QED) is 0.135. The molecule has 1 saturated carbocycles. The predicted molar refractivity (Wildman–Crippen MR) is 135 cm³/mol. The summed E-state index contributed by atoms with van der Waals surface area (Å²) in [5, 5.41) is 14.6. The average Bonchev–Trinajstić information content (AvgIpc) is 3.29. The van der Waals surface area contributed by atoms with Crippen LogP contribution in [0.5, 0.6) is 0 Å². The molecule has 12 heteroatoms. The number of carbonyl (C=O) groups excluding carboxylic acids is 4. The van der Waals surface area contributed by atoms with Crippen LogP contribution in [0, 0.1) is 29.6 Å². The third kappa shape index (κ3) is 5.01. The van der Waals surface area contributed by atoms with E-state index in [1.165, 1.54) is 25.9 Å². The number of unbranched alkanes of at least 4 members (excludes halogenated alkanes) is 1. The number of nitrogens with zero attached hydrogens (tertiary/aromatic N) is 4. The summed E-state index contributed by atoms with van der Waals surface area (Å²) in [6, 6.07) is -0.705. The molecule has 3 aliphatic rings. The van der Waals surface area contributed by atoms with E-state index in [9.17, 15) is 24.3 Å². The van der Waals surface area contributed by atoms with Crippen molar-refractivity contribution in [2.45, 2.75) is 90.3 Å². The summed E-state index contributed by atoms with van der Waals surface area (Å²) in [6.45, 7) is 10.4. The summed E-state index contributed by atoms with van der Waals surface area (Å²) < 4.78 is 17.3. The lowest BCUT2D eigenvalue weighted by Gasteiger charge is -2.39. The van der Waals surface area contributed by atoms with Gasteiger partial charge < -0.3 is 24.2 Å². The largest absolute Gasteiger partial charge is 0.457 e. The van der Waals surface area contributed by atoms with E-state index in [-0.39, 0.29) is 31.2 Å². The minimum Gasteiger partial charge on any atom is -0.457 e. The van der Waals surface area contributed by atoms with Gasteiger partial charge in [0.2, 0.25) is 0 Å². The van der Waals surface area contributed by atoms with Gasteiger partial charge in [0.15, 0.2) is 17.5 Å². The lowest BCUT2D eigenvalue weighted by molar-refractivity contribution is -0.162. The molecule has 212 valence electrons. The average molecular weight is 537 g/mol. The molecule has 2 heterocycles. The number of ether oxygens (including phenoxy) is 3. The number of azide groups is 1. The molecular formula is C26H40N4O8. The fourth-order valence-electron chi connectivity index (χ4n) is 6.39. The van der Waals surface area contributed by atoms with Crippen molar-refractivity contribution in [2.24, 2.45) is 34.7 Å². The topological polar surface area (TPSA) is 168 Å². The van der Waals surface area contributed by atoms with Crippen LogP contribution in [0.3, 0.4) is 0 Å². The molecule has 2 aliphatic heterocycles. The van der Waals surface area contributed by atoms with E-state index in [0.717, 1.165) is 0 Å². The number of amides is 1. The molecule has 1 spiro atoms. The third-order valence-electron chi connectivity index (χ3n) is 8.93. The zero-order valence-electron chi connectivity index (χ0n) is 23.2. The molecule has 38 heavy (non-hydrogen) atoms. The number of aliphatic hydroxyl groups is 1. The van der Waals surface area contributed by atoms with Crippen LogP contribution in [0.15, 0.2) is 5.11 Å². The number of aliphatic hydroxyl groups excluding tert-OH is 1. The number of hydrogen-bond donors (Lipinski definition) is 1. The van der Waals surface area contributed by atoms with Gasteiger partial charge in [-0.05, 0) is 38.6 Å². The Morgan fingerprint density at radius 2 is 1.76 bits per heavy atom. The summed E-state index contributed by atoms with van der Waals surface area (Å²) in [5.74, 6) is -5.19. The van der Waals surface area contributed by atoms with Crippen LogP contribution in [0.25, 0.3) is 10.4 Å². The molecule has 5 unspecified atom stereocenters. The maximum absolute atomic E-state index is 13.8. The van der Waals surface area contributed by atoms with Gasteiger partial charge in [0.1, 0.15) is 11.7 Å². The zero-order chi connectivity index (χ0) is 28.6. The van der Waals surface area contributed by atoms with E-state index >= 15 is 0 Å². The number of ketones is 2. The molecule has 0 aromatic heterocycles. The second-order valence-corrected chi connectivity index (χ2v) is 11.3. The van der Waals surface area contributed by atoms with Crippen LogP contribution in [-0.4, -0.2) is 83.3 Å². The van der Waals surface area contributed by atoms with Gasteiger partial charge in [-0.25, -0.2) is 4.79 Å². The van der Waals surface area contributed by atoms with Crippen molar-refractivity contribution in [2.75, 3.05) is 20.2 Å². The normalized spacial score (nSPS) is 41.8. The molecule has 10 atom stereocenters. The smallest absolute Gasteiger partial charge is 0.410 e. The van der Waals surface area contributed by atoms with Crippen molar-refractivity contribution in [3.8, 4) is 0 Å². The summed E-state index contributed by atoms with van der Waals surface area (Å²) >= 11 is 0. The number of hydrogen-bond acceptors (Lipinski definition) is 9. The van der Waals surface area contributed by atoms with Crippen LogP contribution in [0.1, 0.15) is 60.8 Å². The second kappa shape index (κ2) is 11.2. The Hall–Kier alpha value is -2.69. The standard InChI is InChI=1S/C26H40N4O8/c1-13-12-25(6,36-7)21(33)15(3)19(32)16(4)23(34)37-22-17(5)26(22)20(14(2)18(13)31)30(24(35)38-26)11-9-8-10-28-29-27/h13-17,20-22,33H,8-12H2,1-7H3/t13?,14-,15?,16?,17-,20+,21+,22?,25-,26?/m0/s1. The first-order valence-corrected chi connectivity index (χ1v) is 13.3. The molecular weight excluding hydrogens is 496 g/mol. The SMILES string of the molecule is CO[C@@]1(C)CC(C)C(=O)[C@H](C)[C@H]2N(CCCCN=[N+]=[N-])C(=O)OC23C(OC(=O)C(C)C(=O)C(C)[C@H]1O)[C@@H]3C. The highest BCUT2D eigenvalue weighted by Gasteiger charge is 2.78. The Labute approximate surface area is 223 Å². The maximum atomic E-state index is 13.8. The van der Waals surface area contributed by atoms with Crippen LogP contribution >= 0.6 is 0 Å². The van der Waals surface area contributed by atoms with E-state index < -0.39 is 71.0 Å². The predicted octanol–water partition coefficient (Wildman–Crippen LogP) is 3.05. The summed E-state index contributed by atoms with van der Waals surface area (Å²) in [5.41, 5.74) is 6.05. The first-order valence-electron chi connectivity index (χ1n) is 13.3. The highest BCUT2D eigenvalue weighted by Crippen LogP contribution is 2.58. The van der Waals surface area contributed by atoms with Gasteiger partial charge >= 0.3 is 12.1 Å². The number of methoxy groups -OCH3 is 1. The molecule has 0 radical (unpaired) electrons. The number of rotatable bonds is 6. The fraction of sp³-hybridized carbons (Fsp3) is 0.846. The van der Waals surface area contributed by atoms with Crippen LogP contribution in [0.2, 0.25) is 0 Å². The Kier molecular flexibility index (Phi) is 8.80. The molecule has 1 N–H and O–H groups in total. The number of esters is 1. The van der Waals surface area contributed by atoms with Crippen molar-refractivity contribution in [3.05, 3.63) is 10.4 Å². The lowest BCUT2D eigenvalue weighted by Crippen LogP contribution is -2.52. The highest BCUT2D eigenvalue weighted by molar-refractivity contribution is 6.00.